The van der Waals surface area contributed by atoms with Gasteiger partial charge in [0, 0.05) is 6.61 Å². The molecule has 1 fully saturated rings. The summed E-state index contributed by atoms with van der Waals surface area (Å²) >= 11 is 0. The zero-order valence-corrected chi connectivity index (χ0v) is 8.53. The standard InChI is InChI=1S/C12H16O2/c1-13-11-6-4-5-10(9-11)12-7-2-3-8-14-12/h4-6,9,12H,2-3,7-8H2,1H3. The van der Waals surface area contributed by atoms with Gasteiger partial charge in [-0.25, -0.2) is 0 Å². The lowest BCUT2D eigenvalue weighted by atomic mass is 10.0. The van der Waals surface area contributed by atoms with E-state index in [1.165, 1.54) is 18.4 Å². The van der Waals surface area contributed by atoms with Gasteiger partial charge in [-0.3, -0.25) is 0 Å². The fourth-order valence-electron chi connectivity index (χ4n) is 1.85. The Hall–Kier alpha value is -1.02. The molecule has 1 unspecified atom stereocenters. The number of benzene rings is 1. The third kappa shape index (κ3) is 2.07. The zero-order chi connectivity index (χ0) is 9.80. The Balaban J connectivity index is 2.13. The predicted molar refractivity (Wildman–Crippen MR) is 55.5 cm³/mol. The second kappa shape index (κ2) is 4.47. The van der Waals surface area contributed by atoms with Crippen molar-refractivity contribution in [1.29, 1.82) is 0 Å². The summed E-state index contributed by atoms with van der Waals surface area (Å²) in [5, 5.41) is 0. The van der Waals surface area contributed by atoms with Gasteiger partial charge in [-0.1, -0.05) is 12.1 Å². The molecule has 0 spiro atoms. The summed E-state index contributed by atoms with van der Waals surface area (Å²) in [5.41, 5.74) is 1.24. The number of ether oxygens (including phenoxy) is 2. The van der Waals surface area contributed by atoms with Crippen LogP contribution >= 0.6 is 0 Å². The second-order valence-electron chi connectivity index (χ2n) is 3.63. The highest BCUT2D eigenvalue weighted by Gasteiger charge is 2.15. The summed E-state index contributed by atoms with van der Waals surface area (Å²) in [6.45, 7) is 0.891. The summed E-state index contributed by atoms with van der Waals surface area (Å²) in [6.07, 6.45) is 3.87. The summed E-state index contributed by atoms with van der Waals surface area (Å²) in [6, 6.07) is 8.16. The molecule has 1 saturated heterocycles. The zero-order valence-electron chi connectivity index (χ0n) is 8.53. The molecule has 1 atom stereocenters. The summed E-state index contributed by atoms with van der Waals surface area (Å²) in [7, 11) is 1.70. The molecule has 0 N–H and O–H groups in total. The van der Waals surface area contributed by atoms with Gasteiger partial charge >= 0.3 is 0 Å². The topological polar surface area (TPSA) is 18.5 Å². The SMILES string of the molecule is COc1cccc(C2CCCCO2)c1. The van der Waals surface area contributed by atoms with Crippen LogP contribution in [0, 0.1) is 0 Å². The Bertz CT molecular complexity index is 290. The van der Waals surface area contributed by atoms with E-state index in [-0.39, 0.29) is 6.10 Å². The second-order valence-corrected chi connectivity index (χ2v) is 3.63. The first-order valence-electron chi connectivity index (χ1n) is 5.16. The van der Waals surface area contributed by atoms with Crippen LogP contribution in [0.5, 0.6) is 5.75 Å². The Labute approximate surface area is 84.8 Å². The van der Waals surface area contributed by atoms with Gasteiger partial charge < -0.3 is 9.47 Å². The van der Waals surface area contributed by atoms with E-state index in [1.807, 2.05) is 12.1 Å². The molecule has 0 amide bonds. The molecular formula is C12H16O2. The molecule has 0 saturated carbocycles. The van der Waals surface area contributed by atoms with Gasteiger partial charge in [0.2, 0.25) is 0 Å². The molecular weight excluding hydrogens is 176 g/mol. The van der Waals surface area contributed by atoms with E-state index < -0.39 is 0 Å². The number of hydrogen-bond donors (Lipinski definition) is 0. The Kier molecular flexibility index (Phi) is 3.04. The molecule has 76 valence electrons. The van der Waals surface area contributed by atoms with E-state index in [0.717, 1.165) is 18.8 Å². The van der Waals surface area contributed by atoms with Crippen molar-refractivity contribution in [2.75, 3.05) is 13.7 Å². The Morgan fingerprint density at radius 1 is 1.36 bits per heavy atom. The smallest absolute Gasteiger partial charge is 0.119 e. The number of rotatable bonds is 2. The van der Waals surface area contributed by atoms with E-state index in [1.54, 1.807) is 7.11 Å². The monoisotopic (exact) mass is 192 g/mol. The lowest BCUT2D eigenvalue weighted by Gasteiger charge is -2.23. The minimum absolute atomic E-state index is 0.277. The van der Waals surface area contributed by atoms with Gasteiger partial charge in [-0.05, 0) is 37.0 Å². The first kappa shape index (κ1) is 9.53. The predicted octanol–water partition coefficient (Wildman–Crippen LogP) is 2.94. The van der Waals surface area contributed by atoms with E-state index >= 15 is 0 Å². The molecule has 0 aliphatic carbocycles. The third-order valence-corrected chi connectivity index (χ3v) is 2.65. The van der Waals surface area contributed by atoms with E-state index in [4.69, 9.17) is 9.47 Å². The van der Waals surface area contributed by atoms with Crippen LogP contribution in [0.3, 0.4) is 0 Å². The van der Waals surface area contributed by atoms with Gasteiger partial charge in [0.05, 0.1) is 13.2 Å². The molecule has 0 bridgehead atoms. The van der Waals surface area contributed by atoms with Crippen molar-refractivity contribution in [1.82, 2.24) is 0 Å². The summed E-state index contributed by atoms with van der Waals surface area (Å²) in [4.78, 5) is 0. The quantitative estimate of drug-likeness (QED) is 0.717. The molecule has 2 heteroatoms. The van der Waals surface area contributed by atoms with Crippen molar-refractivity contribution < 1.29 is 9.47 Å². The van der Waals surface area contributed by atoms with Crippen LogP contribution in [0.4, 0.5) is 0 Å². The van der Waals surface area contributed by atoms with Crippen molar-refractivity contribution >= 4 is 0 Å². The van der Waals surface area contributed by atoms with Crippen LogP contribution in [0.15, 0.2) is 24.3 Å². The largest absolute Gasteiger partial charge is 0.497 e. The first-order valence-corrected chi connectivity index (χ1v) is 5.16. The summed E-state index contributed by atoms with van der Waals surface area (Å²) in [5.74, 6) is 0.914. The van der Waals surface area contributed by atoms with Gasteiger partial charge in [0.1, 0.15) is 5.75 Å². The maximum absolute atomic E-state index is 5.71. The lowest BCUT2D eigenvalue weighted by Crippen LogP contribution is -2.11. The fraction of sp³-hybridized carbons (Fsp3) is 0.500. The highest BCUT2D eigenvalue weighted by atomic mass is 16.5. The van der Waals surface area contributed by atoms with Crippen LogP contribution in [0.1, 0.15) is 30.9 Å². The average molecular weight is 192 g/mol. The molecule has 2 rings (SSSR count). The minimum Gasteiger partial charge on any atom is -0.497 e. The molecule has 0 aromatic heterocycles. The van der Waals surface area contributed by atoms with E-state index in [9.17, 15) is 0 Å². The highest BCUT2D eigenvalue weighted by Crippen LogP contribution is 2.29. The molecule has 2 nitrogen and oxygen atoms in total. The highest BCUT2D eigenvalue weighted by molar-refractivity contribution is 5.29. The van der Waals surface area contributed by atoms with E-state index in [0.29, 0.717) is 0 Å². The van der Waals surface area contributed by atoms with E-state index in [2.05, 4.69) is 12.1 Å². The molecule has 14 heavy (non-hydrogen) atoms. The number of hydrogen-bond acceptors (Lipinski definition) is 2. The number of methoxy groups -OCH3 is 1. The normalized spacial score (nSPS) is 21.9. The molecule has 1 aliphatic rings. The minimum atomic E-state index is 0.277. The van der Waals surface area contributed by atoms with Crippen molar-refractivity contribution in [2.24, 2.45) is 0 Å². The first-order chi connectivity index (χ1) is 6.90. The van der Waals surface area contributed by atoms with Gasteiger partial charge in [-0.15, -0.1) is 0 Å². The molecule has 1 aromatic rings. The van der Waals surface area contributed by atoms with Crippen LogP contribution in [-0.2, 0) is 4.74 Å². The molecule has 0 radical (unpaired) electrons. The third-order valence-electron chi connectivity index (χ3n) is 2.65. The molecule has 1 heterocycles. The molecule has 1 aliphatic heterocycles. The van der Waals surface area contributed by atoms with Gasteiger partial charge in [0.25, 0.3) is 0 Å². The lowest BCUT2D eigenvalue weighted by molar-refractivity contribution is 0.0148. The Morgan fingerprint density at radius 3 is 3.00 bits per heavy atom. The summed E-state index contributed by atoms with van der Waals surface area (Å²) < 4.78 is 10.9. The van der Waals surface area contributed by atoms with Crippen molar-refractivity contribution in [3.8, 4) is 5.75 Å². The van der Waals surface area contributed by atoms with Gasteiger partial charge in [0.15, 0.2) is 0 Å². The van der Waals surface area contributed by atoms with Crippen molar-refractivity contribution in [3.63, 3.8) is 0 Å². The van der Waals surface area contributed by atoms with Crippen LogP contribution in [0.25, 0.3) is 0 Å². The van der Waals surface area contributed by atoms with Gasteiger partial charge in [-0.2, -0.15) is 0 Å². The maximum Gasteiger partial charge on any atom is 0.119 e. The van der Waals surface area contributed by atoms with Crippen molar-refractivity contribution in [2.45, 2.75) is 25.4 Å². The molecule has 1 aromatic carbocycles. The van der Waals surface area contributed by atoms with Crippen LogP contribution in [0.2, 0.25) is 0 Å². The fourth-order valence-corrected chi connectivity index (χ4v) is 1.85. The van der Waals surface area contributed by atoms with Crippen LogP contribution in [-0.4, -0.2) is 13.7 Å². The van der Waals surface area contributed by atoms with Crippen molar-refractivity contribution in [3.05, 3.63) is 29.8 Å². The van der Waals surface area contributed by atoms with Crippen LogP contribution < -0.4 is 4.74 Å². The Morgan fingerprint density at radius 2 is 2.29 bits per heavy atom. The maximum atomic E-state index is 5.71. The average Bonchev–Trinajstić information content (AvgIpc) is 2.30.